The summed E-state index contributed by atoms with van der Waals surface area (Å²) in [6, 6.07) is 0. The number of hydrogen-bond donors (Lipinski definition) is 0. The van der Waals surface area contributed by atoms with E-state index in [9.17, 15) is 4.79 Å². The second kappa shape index (κ2) is 3.97. The molecule has 102 valence electrons. The Balaban J connectivity index is 2.02. The summed E-state index contributed by atoms with van der Waals surface area (Å²) < 4.78 is 16.9. The fourth-order valence-corrected chi connectivity index (χ4v) is 2.72. The highest BCUT2D eigenvalue weighted by molar-refractivity contribution is 6.50. The molecule has 0 atom stereocenters. The van der Waals surface area contributed by atoms with Crippen LogP contribution in [0.4, 0.5) is 0 Å². The van der Waals surface area contributed by atoms with Gasteiger partial charge in [-0.25, -0.2) is 0 Å². The van der Waals surface area contributed by atoms with E-state index in [0.29, 0.717) is 0 Å². The van der Waals surface area contributed by atoms with E-state index in [1.54, 1.807) is 0 Å². The Hall–Kier alpha value is -0.545. The van der Waals surface area contributed by atoms with Crippen molar-refractivity contribution in [3.8, 4) is 0 Å². The van der Waals surface area contributed by atoms with Crippen LogP contribution in [-0.2, 0) is 18.8 Å². The molecule has 0 aromatic rings. The van der Waals surface area contributed by atoms with Crippen molar-refractivity contribution < 1.29 is 18.8 Å². The molecular formula is C13H23BO4. The third kappa shape index (κ3) is 1.97. The van der Waals surface area contributed by atoms with Gasteiger partial charge >= 0.3 is 13.1 Å². The van der Waals surface area contributed by atoms with E-state index < -0.39 is 0 Å². The van der Waals surface area contributed by atoms with Gasteiger partial charge in [-0.05, 0) is 40.5 Å². The van der Waals surface area contributed by atoms with Crippen LogP contribution in [0.2, 0.25) is 5.31 Å². The van der Waals surface area contributed by atoms with E-state index in [1.807, 2.05) is 27.7 Å². The molecule has 0 N–H and O–H groups in total. The van der Waals surface area contributed by atoms with Gasteiger partial charge in [0.25, 0.3) is 0 Å². The lowest BCUT2D eigenvalue weighted by atomic mass is 9.44. The van der Waals surface area contributed by atoms with E-state index in [4.69, 9.17) is 14.0 Å². The largest absolute Gasteiger partial charge is 0.469 e. The monoisotopic (exact) mass is 254 g/mol. The van der Waals surface area contributed by atoms with Gasteiger partial charge in [-0.15, -0.1) is 0 Å². The first-order chi connectivity index (χ1) is 8.11. The first-order valence-corrected chi connectivity index (χ1v) is 6.55. The Labute approximate surface area is 110 Å². The highest BCUT2D eigenvalue weighted by Gasteiger charge is 2.62. The molecule has 0 bridgehead atoms. The predicted octanol–water partition coefficient (Wildman–Crippen LogP) is 2.42. The van der Waals surface area contributed by atoms with Crippen molar-refractivity contribution in [1.29, 1.82) is 0 Å². The molecule has 1 aliphatic carbocycles. The van der Waals surface area contributed by atoms with Crippen LogP contribution in [0, 0.1) is 5.92 Å². The van der Waals surface area contributed by atoms with Crippen molar-refractivity contribution in [3.05, 3.63) is 0 Å². The summed E-state index contributed by atoms with van der Waals surface area (Å²) in [5.74, 6) is -0.122. The minimum Gasteiger partial charge on any atom is -0.469 e. The molecule has 0 spiro atoms. The van der Waals surface area contributed by atoms with Gasteiger partial charge in [0.05, 0.1) is 24.2 Å². The van der Waals surface area contributed by atoms with Gasteiger partial charge in [-0.2, -0.15) is 0 Å². The molecule has 2 fully saturated rings. The number of esters is 1. The molecule has 1 saturated heterocycles. The summed E-state index contributed by atoms with van der Waals surface area (Å²) in [5, 5.41) is -0.0795. The number of rotatable bonds is 2. The van der Waals surface area contributed by atoms with E-state index in [0.717, 1.165) is 12.8 Å². The van der Waals surface area contributed by atoms with Crippen LogP contribution in [0.15, 0.2) is 0 Å². The molecule has 1 heterocycles. The van der Waals surface area contributed by atoms with Crippen molar-refractivity contribution in [2.24, 2.45) is 5.92 Å². The van der Waals surface area contributed by atoms with Crippen molar-refractivity contribution in [1.82, 2.24) is 0 Å². The Morgan fingerprint density at radius 3 is 1.94 bits per heavy atom. The first kappa shape index (κ1) is 13.9. The van der Waals surface area contributed by atoms with Crippen LogP contribution in [0.1, 0.15) is 47.5 Å². The van der Waals surface area contributed by atoms with Crippen LogP contribution >= 0.6 is 0 Å². The molecular weight excluding hydrogens is 231 g/mol. The van der Waals surface area contributed by atoms with Crippen LogP contribution in [-0.4, -0.2) is 31.4 Å². The second-order valence-corrected chi connectivity index (χ2v) is 6.87. The highest BCUT2D eigenvalue weighted by Crippen LogP contribution is 2.58. The van der Waals surface area contributed by atoms with Gasteiger partial charge in [0.2, 0.25) is 0 Å². The summed E-state index contributed by atoms with van der Waals surface area (Å²) >= 11 is 0. The zero-order valence-corrected chi connectivity index (χ0v) is 12.2. The Morgan fingerprint density at radius 1 is 1.11 bits per heavy atom. The van der Waals surface area contributed by atoms with Gasteiger partial charge in [0.15, 0.2) is 0 Å². The average Bonchev–Trinajstić information content (AvgIpc) is 2.43. The van der Waals surface area contributed by atoms with Gasteiger partial charge in [0.1, 0.15) is 0 Å². The molecule has 0 aromatic carbocycles. The molecule has 5 heteroatoms. The first-order valence-electron chi connectivity index (χ1n) is 6.55. The molecule has 0 unspecified atom stereocenters. The number of methoxy groups -OCH3 is 1. The molecule has 0 amide bonds. The van der Waals surface area contributed by atoms with E-state index in [-0.39, 0.29) is 35.5 Å². The number of carbonyl (C=O) groups is 1. The van der Waals surface area contributed by atoms with Crippen LogP contribution in [0.3, 0.4) is 0 Å². The summed E-state index contributed by atoms with van der Waals surface area (Å²) in [7, 11) is 1.20. The smallest absolute Gasteiger partial charge is 0.464 e. The quantitative estimate of drug-likeness (QED) is 0.560. The van der Waals surface area contributed by atoms with Crippen LogP contribution < -0.4 is 0 Å². The fraction of sp³-hybridized carbons (Fsp3) is 0.923. The maximum Gasteiger partial charge on any atom is 0.464 e. The lowest BCUT2D eigenvalue weighted by Gasteiger charge is -2.44. The van der Waals surface area contributed by atoms with Crippen molar-refractivity contribution in [3.63, 3.8) is 0 Å². The van der Waals surface area contributed by atoms with Crippen molar-refractivity contribution >= 4 is 13.1 Å². The molecule has 4 nitrogen and oxygen atoms in total. The molecule has 0 aromatic heterocycles. The zero-order valence-electron chi connectivity index (χ0n) is 12.2. The minimum absolute atomic E-state index is 0.000903. The van der Waals surface area contributed by atoms with Gasteiger partial charge in [-0.1, -0.05) is 6.92 Å². The number of hydrogen-bond acceptors (Lipinski definition) is 4. The normalized spacial score (nSPS) is 37.2. The highest BCUT2D eigenvalue weighted by atomic mass is 16.7. The third-order valence-electron chi connectivity index (χ3n) is 4.78. The molecule has 0 radical (unpaired) electrons. The average molecular weight is 254 g/mol. The van der Waals surface area contributed by atoms with E-state index >= 15 is 0 Å². The minimum atomic E-state index is -0.309. The molecule has 18 heavy (non-hydrogen) atoms. The van der Waals surface area contributed by atoms with E-state index in [2.05, 4.69) is 6.92 Å². The van der Waals surface area contributed by atoms with Gasteiger partial charge in [-0.3, -0.25) is 4.79 Å². The summed E-state index contributed by atoms with van der Waals surface area (Å²) in [6.07, 6.45) is 1.55. The summed E-state index contributed by atoms with van der Waals surface area (Å²) in [4.78, 5) is 11.4. The SMILES string of the molecule is COC(=O)C1CC(C)(B2OC(C)(C)C(C)(C)O2)C1. The number of carbonyl (C=O) groups excluding carboxylic acids is 1. The Kier molecular flexibility index (Phi) is 3.06. The van der Waals surface area contributed by atoms with Crippen LogP contribution in [0.25, 0.3) is 0 Å². The topological polar surface area (TPSA) is 44.8 Å². The predicted molar refractivity (Wildman–Crippen MR) is 69.2 cm³/mol. The second-order valence-electron chi connectivity index (χ2n) is 6.87. The van der Waals surface area contributed by atoms with Crippen LogP contribution in [0.5, 0.6) is 0 Å². The molecule has 1 saturated carbocycles. The lowest BCUT2D eigenvalue weighted by Crippen LogP contribution is -2.46. The third-order valence-corrected chi connectivity index (χ3v) is 4.78. The van der Waals surface area contributed by atoms with Gasteiger partial charge in [0, 0.05) is 5.31 Å². The van der Waals surface area contributed by atoms with Crippen molar-refractivity contribution in [2.75, 3.05) is 7.11 Å². The van der Waals surface area contributed by atoms with Crippen molar-refractivity contribution in [2.45, 2.75) is 64.0 Å². The summed E-state index contributed by atoms with van der Waals surface area (Å²) in [6.45, 7) is 10.3. The number of ether oxygens (including phenoxy) is 1. The Morgan fingerprint density at radius 2 is 1.56 bits per heavy atom. The maximum atomic E-state index is 11.4. The Bertz CT molecular complexity index is 342. The molecule has 2 aliphatic rings. The van der Waals surface area contributed by atoms with E-state index in [1.165, 1.54) is 7.11 Å². The standard InChI is InChI=1S/C13H23BO4/c1-11(2)12(3,4)18-14(17-11)13(5)7-9(8-13)10(15)16-6/h9H,7-8H2,1-6H3. The van der Waals surface area contributed by atoms with Gasteiger partial charge < -0.3 is 14.0 Å². The molecule has 2 rings (SSSR count). The maximum absolute atomic E-state index is 11.4. The zero-order chi connectivity index (χ0) is 13.8. The summed E-state index contributed by atoms with van der Waals surface area (Å²) in [5.41, 5.74) is -0.617. The fourth-order valence-electron chi connectivity index (χ4n) is 2.72. The molecule has 1 aliphatic heterocycles. The lowest BCUT2D eigenvalue weighted by molar-refractivity contribution is -0.149.